The van der Waals surface area contributed by atoms with Crippen molar-refractivity contribution in [1.29, 1.82) is 0 Å². The molecule has 1 saturated heterocycles. The molecule has 2 aromatic carbocycles. The Morgan fingerprint density at radius 3 is 2.57 bits per heavy atom. The summed E-state index contributed by atoms with van der Waals surface area (Å²) in [6.45, 7) is 1.16. The standard InChI is InChI=1S/C23H22ClNO5/c1-25-9-8-16(20(29)12-25)21-18(27)11-19(28)22-17(26)10-15(30-23(21)22)7-4-13-2-5-14(24)6-3-13/h2-7,10-11,16,20,27-29H,8-9,12H2,1H3/b7-4+/t16-,20+/m0/s1. The maximum absolute atomic E-state index is 12.7. The molecule has 30 heavy (non-hydrogen) atoms. The van der Waals surface area contributed by atoms with Gasteiger partial charge in [0.1, 0.15) is 28.2 Å². The van der Waals surface area contributed by atoms with Crippen LogP contribution in [0.1, 0.15) is 29.2 Å². The minimum absolute atomic E-state index is 0.00225. The summed E-state index contributed by atoms with van der Waals surface area (Å²) in [4.78, 5) is 14.7. The van der Waals surface area contributed by atoms with Crippen LogP contribution >= 0.6 is 11.6 Å². The van der Waals surface area contributed by atoms with Gasteiger partial charge in [0, 0.05) is 35.2 Å². The number of piperidine rings is 1. The van der Waals surface area contributed by atoms with Gasteiger partial charge in [-0.2, -0.15) is 0 Å². The monoisotopic (exact) mass is 427 g/mol. The summed E-state index contributed by atoms with van der Waals surface area (Å²) in [5.41, 5.74) is 0.895. The second-order valence-electron chi connectivity index (χ2n) is 7.66. The summed E-state index contributed by atoms with van der Waals surface area (Å²) in [5.74, 6) is -0.690. The minimum Gasteiger partial charge on any atom is -0.507 e. The molecule has 0 aliphatic carbocycles. The van der Waals surface area contributed by atoms with Crippen LogP contribution in [0.5, 0.6) is 11.5 Å². The minimum atomic E-state index is -0.735. The average molecular weight is 428 g/mol. The molecule has 0 unspecified atom stereocenters. The second kappa shape index (κ2) is 8.14. The van der Waals surface area contributed by atoms with Crippen LogP contribution in [0, 0.1) is 0 Å². The molecule has 2 atom stereocenters. The van der Waals surface area contributed by atoms with E-state index in [2.05, 4.69) is 0 Å². The topological polar surface area (TPSA) is 94.1 Å². The van der Waals surface area contributed by atoms with Gasteiger partial charge in [-0.3, -0.25) is 4.79 Å². The van der Waals surface area contributed by atoms with Crippen LogP contribution < -0.4 is 5.43 Å². The molecule has 3 aromatic rings. The van der Waals surface area contributed by atoms with Crippen molar-refractivity contribution in [2.75, 3.05) is 20.1 Å². The van der Waals surface area contributed by atoms with Crippen molar-refractivity contribution in [2.45, 2.75) is 18.4 Å². The highest BCUT2D eigenvalue weighted by molar-refractivity contribution is 6.30. The Kier molecular flexibility index (Phi) is 5.56. The zero-order valence-electron chi connectivity index (χ0n) is 16.4. The lowest BCUT2D eigenvalue weighted by atomic mass is 9.85. The van der Waals surface area contributed by atoms with Gasteiger partial charge >= 0.3 is 0 Å². The predicted octanol–water partition coefficient (Wildman–Crippen LogP) is 3.81. The van der Waals surface area contributed by atoms with Gasteiger partial charge in [0.2, 0.25) is 0 Å². The average Bonchev–Trinajstić information content (AvgIpc) is 2.68. The second-order valence-corrected chi connectivity index (χ2v) is 8.09. The van der Waals surface area contributed by atoms with E-state index in [4.69, 9.17) is 16.0 Å². The molecular formula is C23H22ClNO5. The van der Waals surface area contributed by atoms with Gasteiger partial charge < -0.3 is 24.6 Å². The fourth-order valence-corrected chi connectivity index (χ4v) is 4.08. The van der Waals surface area contributed by atoms with E-state index < -0.39 is 17.5 Å². The number of rotatable bonds is 3. The van der Waals surface area contributed by atoms with Gasteiger partial charge in [0.15, 0.2) is 5.43 Å². The smallest absolute Gasteiger partial charge is 0.197 e. The van der Waals surface area contributed by atoms with Crippen molar-refractivity contribution in [3.8, 4) is 11.5 Å². The summed E-state index contributed by atoms with van der Waals surface area (Å²) < 4.78 is 5.95. The van der Waals surface area contributed by atoms with Crippen molar-refractivity contribution in [2.24, 2.45) is 0 Å². The Morgan fingerprint density at radius 2 is 1.87 bits per heavy atom. The Balaban J connectivity index is 1.84. The van der Waals surface area contributed by atoms with Crippen LogP contribution in [0.3, 0.4) is 0 Å². The van der Waals surface area contributed by atoms with E-state index in [0.717, 1.165) is 18.2 Å². The number of aliphatic hydroxyl groups excluding tert-OH is 1. The number of aliphatic hydroxyl groups is 1. The van der Waals surface area contributed by atoms with Crippen LogP contribution in [0.2, 0.25) is 5.02 Å². The van der Waals surface area contributed by atoms with Gasteiger partial charge in [0.25, 0.3) is 0 Å². The van der Waals surface area contributed by atoms with Crippen LogP contribution in [0.15, 0.2) is 45.6 Å². The van der Waals surface area contributed by atoms with Gasteiger partial charge in [-0.15, -0.1) is 0 Å². The molecule has 4 rings (SSSR count). The van der Waals surface area contributed by atoms with Gasteiger partial charge in [-0.05, 0) is 43.8 Å². The molecule has 2 heterocycles. The summed E-state index contributed by atoms with van der Waals surface area (Å²) in [6.07, 6.45) is 3.26. The molecule has 1 fully saturated rings. The lowest BCUT2D eigenvalue weighted by Crippen LogP contribution is -2.40. The highest BCUT2D eigenvalue weighted by Crippen LogP contribution is 2.41. The fourth-order valence-electron chi connectivity index (χ4n) is 3.96. The SMILES string of the molecule is CN1CC[C@H](c2c(O)cc(O)c3c(=O)cc(/C=C/c4ccc(Cl)cc4)oc23)[C@H](O)C1. The zero-order chi connectivity index (χ0) is 21.4. The van der Waals surface area contributed by atoms with Crippen molar-refractivity contribution >= 4 is 34.7 Å². The highest BCUT2D eigenvalue weighted by atomic mass is 35.5. The lowest BCUT2D eigenvalue weighted by Gasteiger charge is -2.34. The Labute approximate surface area is 178 Å². The number of aromatic hydroxyl groups is 2. The summed E-state index contributed by atoms with van der Waals surface area (Å²) in [7, 11) is 1.91. The van der Waals surface area contributed by atoms with E-state index >= 15 is 0 Å². The molecule has 0 saturated carbocycles. The summed E-state index contributed by atoms with van der Waals surface area (Å²) in [5, 5.41) is 32.0. The molecule has 156 valence electrons. The van der Waals surface area contributed by atoms with Crippen molar-refractivity contribution < 1.29 is 19.7 Å². The zero-order valence-corrected chi connectivity index (χ0v) is 17.1. The van der Waals surface area contributed by atoms with Gasteiger partial charge in [0.05, 0.1) is 6.10 Å². The quantitative estimate of drug-likeness (QED) is 0.588. The van der Waals surface area contributed by atoms with E-state index in [-0.39, 0.29) is 28.2 Å². The number of phenolic OH excluding ortho intramolecular Hbond substituents is 2. The number of benzene rings is 2. The van der Waals surface area contributed by atoms with Gasteiger partial charge in [-0.1, -0.05) is 29.8 Å². The molecular weight excluding hydrogens is 406 g/mol. The molecule has 7 heteroatoms. The number of fused-ring (bicyclic) bond motifs is 1. The van der Waals surface area contributed by atoms with Crippen molar-refractivity contribution in [3.63, 3.8) is 0 Å². The number of likely N-dealkylation sites (tertiary alicyclic amines) is 1. The molecule has 1 aromatic heterocycles. The summed E-state index contributed by atoms with van der Waals surface area (Å²) in [6, 6.07) is 9.61. The third-order valence-electron chi connectivity index (χ3n) is 5.48. The Morgan fingerprint density at radius 1 is 1.13 bits per heavy atom. The Hall–Kier alpha value is -2.80. The first-order chi connectivity index (χ1) is 14.3. The van der Waals surface area contributed by atoms with E-state index in [9.17, 15) is 20.1 Å². The number of phenols is 2. The number of hydrogen-bond donors (Lipinski definition) is 3. The third kappa shape index (κ3) is 3.94. The van der Waals surface area contributed by atoms with E-state index in [1.807, 2.05) is 24.1 Å². The van der Waals surface area contributed by atoms with Crippen molar-refractivity contribution in [1.82, 2.24) is 4.90 Å². The largest absolute Gasteiger partial charge is 0.507 e. The summed E-state index contributed by atoms with van der Waals surface area (Å²) >= 11 is 5.90. The van der Waals surface area contributed by atoms with E-state index in [1.54, 1.807) is 24.3 Å². The van der Waals surface area contributed by atoms with Crippen LogP contribution in [0.4, 0.5) is 0 Å². The normalized spacial score (nSPS) is 20.2. The van der Waals surface area contributed by atoms with Crippen LogP contribution in [-0.4, -0.2) is 46.5 Å². The first-order valence-electron chi connectivity index (χ1n) is 9.66. The number of likely N-dealkylation sites (N-methyl/N-ethyl adjacent to an activating group) is 1. The third-order valence-corrected chi connectivity index (χ3v) is 5.73. The highest BCUT2D eigenvalue weighted by Gasteiger charge is 2.32. The molecule has 1 aliphatic rings. The van der Waals surface area contributed by atoms with Crippen LogP contribution in [-0.2, 0) is 0 Å². The fraction of sp³-hybridized carbons (Fsp3) is 0.261. The maximum Gasteiger partial charge on any atom is 0.197 e. The number of hydrogen-bond acceptors (Lipinski definition) is 6. The number of halogens is 1. The molecule has 0 amide bonds. The number of nitrogens with zero attached hydrogens (tertiary/aromatic N) is 1. The number of β-amino-alcohol motifs (C(OH)–C–C–N with tert-alkyl or cyclic N) is 1. The molecule has 0 bridgehead atoms. The molecule has 3 N–H and O–H groups in total. The maximum atomic E-state index is 12.7. The van der Waals surface area contributed by atoms with Gasteiger partial charge in [-0.25, -0.2) is 0 Å². The molecule has 6 nitrogen and oxygen atoms in total. The Bertz CT molecular complexity index is 1170. The predicted molar refractivity (Wildman–Crippen MR) is 117 cm³/mol. The molecule has 1 aliphatic heterocycles. The first kappa shape index (κ1) is 20.5. The lowest BCUT2D eigenvalue weighted by molar-refractivity contribution is 0.0630. The first-order valence-corrected chi connectivity index (χ1v) is 10.0. The van der Waals surface area contributed by atoms with Crippen molar-refractivity contribution in [3.05, 3.63) is 68.5 Å². The molecule has 0 spiro atoms. The van der Waals surface area contributed by atoms with E-state index in [1.165, 1.54) is 6.07 Å². The van der Waals surface area contributed by atoms with Crippen LogP contribution in [0.25, 0.3) is 23.1 Å². The molecule has 0 radical (unpaired) electrons. The van der Waals surface area contributed by atoms with E-state index in [0.29, 0.717) is 23.6 Å².